The van der Waals surface area contributed by atoms with Crippen molar-refractivity contribution < 1.29 is 9.21 Å². The summed E-state index contributed by atoms with van der Waals surface area (Å²) in [6.45, 7) is 3.91. The number of aryl methyl sites for hydroxylation is 1. The molecule has 1 fully saturated rings. The van der Waals surface area contributed by atoms with E-state index in [2.05, 4.69) is 4.98 Å². The van der Waals surface area contributed by atoms with Crippen molar-refractivity contribution >= 4 is 40.2 Å². The van der Waals surface area contributed by atoms with Gasteiger partial charge in [-0.05, 0) is 51.0 Å². The summed E-state index contributed by atoms with van der Waals surface area (Å²) in [5.41, 5.74) is 0.770. The molecular formula is C18H17ClN2O2S2. The van der Waals surface area contributed by atoms with Gasteiger partial charge in [0.15, 0.2) is 0 Å². The van der Waals surface area contributed by atoms with Crippen LogP contribution < -0.4 is 0 Å². The summed E-state index contributed by atoms with van der Waals surface area (Å²) in [5, 5.41) is 0.846. The Kier molecular flexibility index (Phi) is 4.43. The maximum Gasteiger partial charge on any atom is 0.266 e. The predicted molar refractivity (Wildman–Crippen MR) is 101 cm³/mol. The number of nitrogens with zero attached hydrogens (tertiary/aromatic N) is 2. The number of aromatic nitrogens is 1. The summed E-state index contributed by atoms with van der Waals surface area (Å²) >= 11 is 8.95. The molecule has 1 aliphatic rings. The van der Waals surface area contributed by atoms with Crippen LogP contribution in [0.15, 0.2) is 34.9 Å². The van der Waals surface area contributed by atoms with Crippen LogP contribution in [0.25, 0.3) is 9.88 Å². The fourth-order valence-corrected chi connectivity index (χ4v) is 5.03. The zero-order chi connectivity index (χ0) is 17.6. The molecule has 7 heteroatoms. The highest BCUT2D eigenvalue weighted by Crippen LogP contribution is 2.39. The topological polar surface area (TPSA) is 46.3 Å². The molecule has 0 aromatic carbocycles. The molecule has 1 unspecified atom stereocenters. The van der Waals surface area contributed by atoms with Crippen LogP contribution in [-0.2, 0) is 0 Å². The molecule has 25 heavy (non-hydrogen) atoms. The Morgan fingerprint density at radius 3 is 2.76 bits per heavy atom. The van der Waals surface area contributed by atoms with Gasteiger partial charge < -0.3 is 9.32 Å². The van der Waals surface area contributed by atoms with Crippen molar-refractivity contribution in [3.8, 4) is 9.88 Å². The maximum absolute atomic E-state index is 13.3. The van der Waals surface area contributed by atoms with E-state index in [4.69, 9.17) is 16.0 Å². The van der Waals surface area contributed by atoms with Gasteiger partial charge in [0.1, 0.15) is 15.6 Å². The third kappa shape index (κ3) is 3.26. The highest BCUT2D eigenvalue weighted by atomic mass is 35.5. The summed E-state index contributed by atoms with van der Waals surface area (Å²) in [5.74, 6) is 0.850. The molecule has 1 saturated carbocycles. The van der Waals surface area contributed by atoms with E-state index in [1.54, 1.807) is 6.26 Å². The van der Waals surface area contributed by atoms with Gasteiger partial charge in [-0.2, -0.15) is 0 Å². The highest BCUT2D eigenvalue weighted by Gasteiger charge is 2.39. The largest absolute Gasteiger partial charge is 0.467 e. The van der Waals surface area contributed by atoms with Crippen molar-refractivity contribution in [1.82, 2.24) is 9.88 Å². The van der Waals surface area contributed by atoms with Gasteiger partial charge >= 0.3 is 0 Å². The fourth-order valence-electron chi connectivity index (χ4n) is 2.92. The van der Waals surface area contributed by atoms with E-state index in [1.807, 2.05) is 43.0 Å². The molecule has 0 N–H and O–H groups in total. The summed E-state index contributed by atoms with van der Waals surface area (Å²) in [6.07, 6.45) is 3.74. The minimum atomic E-state index is -0.0869. The Balaban J connectivity index is 1.66. The predicted octanol–water partition coefficient (Wildman–Crippen LogP) is 5.79. The zero-order valence-electron chi connectivity index (χ0n) is 13.9. The first-order valence-corrected chi connectivity index (χ1v) is 10.1. The van der Waals surface area contributed by atoms with E-state index in [-0.39, 0.29) is 18.0 Å². The molecule has 0 radical (unpaired) electrons. The van der Waals surface area contributed by atoms with Crippen LogP contribution in [0, 0.1) is 6.92 Å². The average molecular weight is 393 g/mol. The second kappa shape index (κ2) is 6.59. The Hall–Kier alpha value is -1.63. The van der Waals surface area contributed by atoms with Gasteiger partial charge in [-0.15, -0.1) is 22.7 Å². The SMILES string of the molecule is Cc1nc(-c2ccc(Cl)s2)sc1C(=O)N(C1CC1)C(C)c1ccco1. The minimum absolute atomic E-state index is 0.0373. The van der Waals surface area contributed by atoms with Crippen LogP contribution in [0.2, 0.25) is 4.34 Å². The lowest BCUT2D eigenvalue weighted by molar-refractivity contribution is 0.0657. The van der Waals surface area contributed by atoms with Crippen LogP contribution in [0.1, 0.15) is 46.9 Å². The van der Waals surface area contributed by atoms with Gasteiger partial charge in [0.25, 0.3) is 5.91 Å². The van der Waals surface area contributed by atoms with Gasteiger partial charge in [0, 0.05) is 6.04 Å². The smallest absolute Gasteiger partial charge is 0.266 e. The second-order valence-corrected chi connectivity index (χ2v) is 8.89. The third-order valence-corrected chi connectivity index (χ3v) is 6.87. The summed E-state index contributed by atoms with van der Waals surface area (Å²) in [6, 6.07) is 7.79. The lowest BCUT2D eigenvalue weighted by Crippen LogP contribution is -2.35. The molecule has 1 atom stereocenters. The molecule has 3 aromatic heterocycles. The number of thiophene rings is 1. The summed E-state index contributed by atoms with van der Waals surface area (Å²) < 4.78 is 6.25. The Morgan fingerprint density at radius 1 is 1.36 bits per heavy atom. The molecule has 1 aliphatic carbocycles. The van der Waals surface area contributed by atoms with Gasteiger partial charge in [0.2, 0.25) is 0 Å². The molecule has 0 bridgehead atoms. The monoisotopic (exact) mass is 392 g/mol. The summed E-state index contributed by atoms with van der Waals surface area (Å²) in [7, 11) is 0. The van der Waals surface area contributed by atoms with Crippen molar-refractivity contribution in [2.75, 3.05) is 0 Å². The molecule has 1 amide bonds. The molecular weight excluding hydrogens is 376 g/mol. The molecule has 4 nitrogen and oxygen atoms in total. The van der Waals surface area contributed by atoms with Crippen LogP contribution >= 0.6 is 34.3 Å². The van der Waals surface area contributed by atoms with Gasteiger partial charge in [-0.3, -0.25) is 4.79 Å². The maximum atomic E-state index is 13.3. The Morgan fingerprint density at radius 2 is 2.16 bits per heavy atom. The van der Waals surface area contributed by atoms with Crippen LogP contribution in [0.5, 0.6) is 0 Å². The highest BCUT2D eigenvalue weighted by molar-refractivity contribution is 7.24. The second-order valence-electron chi connectivity index (χ2n) is 6.17. The quantitative estimate of drug-likeness (QED) is 0.551. The lowest BCUT2D eigenvalue weighted by Gasteiger charge is -2.27. The van der Waals surface area contributed by atoms with Crippen molar-refractivity contribution in [3.05, 3.63) is 51.2 Å². The van der Waals surface area contributed by atoms with Crippen molar-refractivity contribution in [3.63, 3.8) is 0 Å². The molecule has 3 heterocycles. The number of furan rings is 1. The molecule has 4 rings (SSSR count). The Bertz CT molecular complexity index is 896. The first kappa shape index (κ1) is 16.8. The summed E-state index contributed by atoms with van der Waals surface area (Å²) in [4.78, 5) is 21.5. The number of carbonyl (C=O) groups excluding carboxylic acids is 1. The van der Waals surface area contributed by atoms with E-state index in [0.29, 0.717) is 4.88 Å². The minimum Gasteiger partial charge on any atom is -0.467 e. The van der Waals surface area contributed by atoms with E-state index in [0.717, 1.165) is 38.5 Å². The average Bonchev–Trinajstić information content (AvgIpc) is 3.02. The number of halogens is 1. The first-order chi connectivity index (χ1) is 12.0. The van der Waals surface area contributed by atoms with E-state index >= 15 is 0 Å². The van der Waals surface area contributed by atoms with Crippen LogP contribution in [-0.4, -0.2) is 21.8 Å². The molecule has 0 saturated heterocycles. The van der Waals surface area contributed by atoms with Gasteiger partial charge in [0.05, 0.1) is 27.2 Å². The van der Waals surface area contributed by atoms with Crippen molar-refractivity contribution in [2.45, 2.75) is 38.8 Å². The van der Waals surface area contributed by atoms with E-state index in [9.17, 15) is 4.79 Å². The van der Waals surface area contributed by atoms with Crippen LogP contribution in [0.3, 0.4) is 0 Å². The molecule has 0 spiro atoms. The normalized spacial score (nSPS) is 15.3. The van der Waals surface area contributed by atoms with E-state index in [1.165, 1.54) is 22.7 Å². The number of hydrogen-bond acceptors (Lipinski definition) is 5. The standard InChI is InChI=1S/C18H17ClN2O2S2/c1-10-16(25-17(20-10)14-7-8-15(19)24-14)18(22)21(12-5-6-12)11(2)13-4-3-9-23-13/h3-4,7-9,11-12H,5-6H2,1-2H3. The fraction of sp³-hybridized carbons (Fsp3) is 0.333. The van der Waals surface area contributed by atoms with Crippen LogP contribution in [0.4, 0.5) is 0 Å². The number of carbonyl (C=O) groups is 1. The van der Waals surface area contributed by atoms with Gasteiger partial charge in [-0.1, -0.05) is 11.6 Å². The van der Waals surface area contributed by atoms with Crippen molar-refractivity contribution in [1.29, 1.82) is 0 Å². The number of rotatable bonds is 5. The third-order valence-electron chi connectivity index (χ3n) is 4.32. The zero-order valence-corrected chi connectivity index (χ0v) is 16.2. The molecule has 130 valence electrons. The molecule has 0 aliphatic heterocycles. The van der Waals surface area contributed by atoms with E-state index < -0.39 is 0 Å². The van der Waals surface area contributed by atoms with Crippen molar-refractivity contribution in [2.24, 2.45) is 0 Å². The number of amides is 1. The van der Waals surface area contributed by atoms with Gasteiger partial charge in [-0.25, -0.2) is 4.98 Å². The first-order valence-electron chi connectivity index (χ1n) is 8.14. The molecule has 3 aromatic rings. The number of hydrogen-bond donors (Lipinski definition) is 0. The lowest BCUT2D eigenvalue weighted by atomic mass is 10.2. The Labute approximate surface area is 159 Å². The number of thiazole rings is 1.